The van der Waals surface area contributed by atoms with Gasteiger partial charge in [-0.2, -0.15) is 0 Å². The number of methoxy groups -OCH3 is 2. The van der Waals surface area contributed by atoms with Crippen molar-refractivity contribution in [1.29, 1.82) is 0 Å². The number of anilines is 3. The van der Waals surface area contributed by atoms with E-state index in [1.165, 1.54) is 14.2 Å². The molecule has 0 bridgehead atoms. The van der Waals surface area contributed by atoms with Crippen molar-refractivity contribution >= 4 is 29.2 Å². The molecule has 0 unspecified atom stereocenters. The molecule has 1 saturated carbocycles. The van der Waals surface area contributed by atoms with Crippen molar-refractivity contribution in [1.82, 2.24) is 9.88 Å². The van der Waals surface area contributed by atoms with Gasteiger partial charge in [0, 0.05) is 58.1 Å². The molecule has 1 aliphatic carbocycles. The average molecular weight is 587 g/mol. The molecule has 2 aromatic carbocycles. The summed E-state index contributed by atoms with van der Waals surface area (Å²) in [5, 5.41) is 3.07. The standard InChI is InChI=1S/C33H42N6O4/c1-42-23-32(40)36-29-21-26(9-14-30(29)37-16-18-38(19-17-37)31-8-3-4-15-35-31)25-7-5-6-24(20-25)22-39(33(41)43-2)28-12-10-27(34)11-13-28/h3-9,14-15,20-21,27-28H,10-13,16-19,22-23,34H2,1-2H3,(H,36,40). The van der Waals surface area contributed by atoms with Crippen molar-refractivity contribution in [3.63, 3.8) is 0 Å². The molecule has 2 fully saturated rings. The van der Waals surface area contributed by atoms with Crippen LogP contribution in [0.15, 0.2) is 66.9 Å². The monoisotopic (exact) mass is 586 g/mol. The third kappa shape index (κ3) is 7.63. The number of amides is 2. The van der Waals surface area contributed by atoms with Gasteiger partial charge in [0.1, 0.15) is 12.4 Å². The van der Waals surface area contributed by atoms with Crippen molar-refractivity contribution in [2.45, 2.75) is 44.3 Å². The van der Waals surface area contributed by atoms with E-state index in [-0.39, 0.29) is 30.7 Å². The lowest BCUT2D eigenvalue weighted by Gasteiger charge is -2.37. The minimum atomic E-state index is -0.318. The third-order valence-electron chi connectivity index (χ3n) is 8.34. The summed E-state index contributed by atoms with van der Waals surface area (Å²) in [5.74, 6) is 0.770. The number of ether oxygens (including phenoxy) is 2. The Morgan fingerprint density at radius 2 is 1.67 bits per heavy atom. The van der Waals surface area contributed by atoms with Gasteiger partial charge in [-0.25, -0.2) is 9.78 Å². The Morgan fingerprint density at radius 3 is 2.37 bits per heavy atom. The molecule has 0 radical (unpaired) electrons. The number of rotatable bonds is 9. The van der Waals surface area contributed by atoms with E-state index in [1.807, 2.05) is 53.6 Å². The number of pyridine rings is 1. The molecule has 2 aliphatic rings. The summed E-state index contributed by atoms with van der Waals surface area (Å²) in [4.78, 5) is 36.3. The topological polar surface area (TPSA) is 113 Å². The third-order valence-corrected chi connectivity index (χ3v) is 8.34. The maximum Gasteiger partial charge on any atom is 0.410 e. The Hall–Kier alpha value is -4.15. The molecule has 10 nitrogen and oxygen atoms in total. The molecule has 0 spiro atoms. The molecule has 2 amide bonds. The number of hydrogen-bond donors (Lipinski definition) is 2. The summed E-state index contributed by atoms with van der Waals surface area (Å²) in [6.45, 7) is 3.69. The predicted octanol–water partition coefficient (Wildman–Crippen LogP) is 4.50. The van der Waals surface area contributed by atoms with Crippen LogP contribution in [-0.2, 0) is 20.8 Å². The second-order valence-corrected chi connectivity index (χ2v) is 11.2. The summed E-state index contributed by atoms with van der Waals surface area (Å²) < 4.78 is 10.2. The van der Waals surface area contributed by atoms with E-state index in [1.54, 1.807) is 0 Å². The maximum atomic E-state index is 12.8. The van der Waals surface area contributed by atoms with E-state index in [4.69, 9.17) is 15.2 Å². The van der Waals surface area contributed by atoms with Crippen molar-refractivity contribution in [3.05, 3.63) is 72.4 Å². The number of nitrogens with one attached hydrogen (secondary N) is 1. The Morgan fingerprint density at radius 1 is 0.930 bits per heavy atom. The number of benzene rings is 2. The molecule has 2 heterocycles. The van der Waals surface area contributed by atoms with Gasteiger partial charge in [-0.1, -0.05) is 30.3 Å². The van der Waals surface area contributed by atoms with Crippen molar-refractivity contribution < 1.29 is 19.1 Å². The van der Waals surface area contributed by atoms with Crippen LogP contribution in [0, 0.1) is 0 Å². The second-order valence-electron chi connectivity index (χ2n) is 11.2. The largest absolute Gasteiger partial charge is 0.453 e. The van der Waals surface area contributed by atoms with Gasteiger partial charge in [-0.3, -0.25) is 4.79 Å². The van der Waals surface area contributed by atoms with E-state index >= 15 is 0 Å². The number of nitrogens with zero attached hydrogens (tertiary/aromatic N) is 4. The van der Waals surface area contributed by atoms with Crippen LogP contribution in [0.4, 0.5) is 22.0 Å². The Kier molecular flexibility index (Phi) is 10.1. The predicted molar refractivity (Wildman–Crippen MR) is 169 cm³/mol. The van der Waals surface area contributed by atoms with E-state index in [0.717, 1.165) is 85.7 Å². The van der Waals surface area contributed by atoms with Gasteiger partial charge in [-0.15, -0.1) is 0 Å². The zero-order valence-electron chi connectivity index (χ0n) is 25.1. The first-order chi connectivity index (χ1) is 20.9. The van der Waals surface area contributed by atoms with Crippen molar-refractivity contribution in [2.75, 3.05) is 62.1 Å². The zero-order valence-corrected chi connectivity index (χ0v) is 25.1. The van der Waals surface area contributed by atoms with Crippen LogP contribution >= 0.6 is 0 Å². The van der Waals surface area contributed by atoms with Gasteiger partial charge < -0.3 is 35.2 Å². The van der Waals surface area contributed by atoms with Gasteiger partial charge in [-0.05, 0) is 72.7 Å². The maximum absolute atomic E-state index is 12.8. The second kappa shape index (κ2) is 14.3. The highest BCUT2D eigenvalue weighted by Crippen LogP contribution is 2.34. The highest BCUT2D eigenvalue weighted by molar-refractivity contribution is 5.96. The Balaban J connectivity index is 1.36. The summed E-state index contributed by atoms with van der Waals surface area (Å²) in [5.41, 5.74) is 10.8. The summed E-state index contributed by atoms with van der Waals surface area (Å²) in [6.07, 6.45) is 5.05. The van der Waals surface area contributed by atoms with Gasteiger partial charge in [0.2, 0.25) is 5.91 Å². The smallest absolute Gasteiger partial charge is 0.410 e. The SMILES string of the molecule is COCC(=O)Nc1cc(-c2cccc(CN(C(=O)OC)C3CCC(N)CC3)c2)ccc1N1CCN(c2ccccn2)CC1. The number of nitrogens with two attached hydrogens (primary N) is 1. The van der Waals surface area contributed by atoms with Gasteiger partial charge >= 0.3 is 6.09 Å². The number of aromatic nitrogens is 1. The Labute approximate surface area is 253 Å². The lowest BCUT2D eigenvalue weighted by molar-refractivity contribution is -0.119. The van der Waals surface area contributed by atoms with Crippen LogP contribution in [-0.4, -0.2) is 81.0 Å². The van der Waals surface area contributed by atoms with Crippen LogP contribution in [0.2, 0.25) is 0 Å². The fourth-order valence-electron chi connectivity index (χ4n) is 6.05. The minimum absolute atomic E-state index is 0.0258. The molecule has 1 aromatic heterocycles. The molecule has 0 atom stereocenters. The molecule has 3 aromatic rings. The normalized spacial score (nSPS) is 18.7. The quantitative estimate of drug-likeness (QED) is 0.377. The number of hydrogen-bond acceptors (Lipinski definition) is 8. The van der Waals surface area contributed by atoms with Crippen LogP contribution in [0.3, 0.4) is 0 Å². The highest BCUT2D eigenvalue weighted by atomic mass is 16.5. The summed E-state index contributed by atoms with van der Waals surface area (Å²) >= 11 is 0. The van der Waals surface area contributed by atoms with E-state index < -0.39 is 0 Å². The van der Waals surface area contributed by atoms with Crippen LogP contribution in [0.1, 0.15) is 31.2 Å². The highest BCUT2D eigenvalue weighted by Gasteiger charge is 2.28. The molecule has 1 saturated heterocycles. The minimum Gasteiger partial charge on any atom is -0.453 e. The molecule has 43 heavy (non-hydrogen) atoms. The lowest BCUT2D eigenvalue weighted by atomic mass is 9.90. The average Bonchev–Trinajstić information content (AvgIpc) is 3.04. The van der Waals surface area contributed by atoms with Gasteiger partial charge in [0.15, 0.2) is 0 Å². The van der Waals surface area contributed by atoms with E-state index in [2.05, 4.69) is 38.3 Å². The first-order valence-corrected chi connectivity index (χ1v) is 15.0. The molecule has 3 N–H and O–H groups in total. The number of piperazine rings is 1. The molecule has 10 heteroatoms. The van der Waals surface area contributed by atoms with Crippen LogP contribution in [0.25, 0.3) is 11.1 Å². The van der Waals surface area contributed by atoms with Crippen molar-refractivity contribution in [3.8, 4) is 11.1 Å². The number of carbonyl (C=O) groups is 2. The zero-order chi connectivity index (χ0) is 30.2. The number of carbonyl (C=O) groups excluding carboxylic acids is 2. The molecular weight excluding hydrogens is 544 g/mol. The summed E-state index contributed by atoms with van der Waals surface area (Å²) in [6, 6.07) is 20.6. The molecule has 228 valence electrons. The molecular formula is C33H42N6O4. The van der Waals surface area contributed by atoms with Crippen LogP contribution in [0.5, 0.6) is 0 Å². The van der Waals surface area contributed by atoms with Gasteiger partial charge in [0.05, 0.1) is 18.5 Å². The lowest BCUT2D eigenvalue weighted by Crippen LogP contribution is -2.47. The van der Waals surface area contributed by atoms with Crippen molar-refractivity contribution in [2.24, 2.45) is 5.73 Å². The fraction of sp³-hybridized carbons (Fsp3) is 0.424. The molecule has 5 rings (SSSR count). The molecule has 1 aliphatic heterocycles. The van der Waals surface area contributed by atoms with E-state index in [9.17, 15) is 9.59 Å². The van der Waals surface area contributed by atoms with Gasteiger partial charge in [0.25, 0.3) is 0 Å². The summed E-state index contributed by atoms with van der Waals surface area (Å²) in [7, 11) is 2.94. The van der Waals surface area contributed by atoms with Crippen LogP contribution < -0.4 is 20.9 Å². The first-order valence-electron chi connectivity index (χ1n) is 15.0. The first kappa shape index (κ1) is 30.3. The Bertz CT molecular complexity index is 1370. The fourth-order valence-corrected chi connectivity index (χ4v) is 6.05. The van der Waals surface area contributed by atoms with E-state index in [0.29, 0.717) is 6.54 Å².